The second-order valence-corrected chi connectivity index (χ2v) is 26.6. The fourth-order valence-electron chi connectivity index (χ4n) is 3.59. The molecule has 0 bridgehead atoms. The molecule has 20 heavy (non-hydrogen) atoms. The van der Waals surface area contributed by atoms with E-state index in [1.54, 1.807) is 26.2 Å². The quantitative estimate of drug-likeness (QED) is 0.323. The van der Waals surface area contributed by atoms with Crippen molar-refractivity contribution in [2.24, 2.45) is 0 Å². The molecule has 0 unspecified atom stereocenters. The molecule has 0 aromatic carbocycles. The maximum atomic E-state index is 2.64. The Kier molecular flexibility index (Phi) is 11.2. The maximum absolute atomic E-state index is 2.64. The van der Waals surface area contributed by atoms with Crippen LogP contribution in [0.25, 0.3) is 0 Å². The van der Waals surface area contributed by atoms with Crippen LogP contribution in [0.1, 0.15) is 91.4 Å². The molecular formula is C18H38SSn. The Hall–Kier alpha value is 1.15. The molecule has 0 aliphatic heterocycles. The molecule has 1 aliphatic carbocycles. The van der Waals surface area contributed by atoms with Crippen molar-refractivity contribution in [2.45, 2.75) is 110 Å². The van der Waals surface area contributed by atoms with Gasteiger partial charge in [-0.25, -0.2) is 0 Å². The Morgan fingerprint density at radius 2 is 1.20 bits per heavy atom. The van der Waals surface area contributed by atoms with Crippen molar-refractivity contribution in [2.75, 3.05) is 0 Å². The van der Waals surface area contributed by atoms with Crippen molar-refractivity contribution in [1.82, 2.24) is 0 Å². The molecule has 0 saturated heterocycles. The van der Waals surface area contributed by atoms with Gasteiger partial charge in [0.25, 0.3) is 0 Å². The predicted octanol–water partition coefficient (Wildman–Crippen LogP) is 7.40. The molecular weight excluding hydrogens is 367 g/mol. The molecule has 1 aliphatic rings. The summed E-state index contributed by atoms with van der Waals surface area (Å²) in [7, 11) is 2.64. The molecule has 0 spiro atoms. The number of hydrogen-bond donors (Lipinski definition) is 0. The fourth-order valence-corrected chi connectivity index (χ4v) is 29.9. The summed E-state index contributed by atoms with van der Waals surface area (Å²) < 4.78 is 5.06. The molecule has 0 nitrogen and oxygen atoms in total. The third-order valence-electron chi connectivity index (χ3n) is 4.93. The van der Waals surface area contributed by atoms with Crippen LogP contribution in [0.4, 0.5) is 0 Å². The van der Waals surface area contributed by atoms with Crippen LogP contribution in [0.3, 0.4) is 0 Å². The number of unbranched alkanes of at least 4 members (excludes halogenated alkanes) is 3. The number of hydrogen-bond acceptors (Lipinski definition) is 1. The van der Waals surface area contributed by atoms with Crippen LogP contribution in [0.5, 0.6) is 0 Å². The monoisotopic (exact) mass is 406 g/mol. The summed E-state index contributed by atoms with van der Waals surface area (Å²) in [4.78, 5) is 0. The van der Waals surface area contributed by atoms with Crippen LogP contribution < -0.4 is 0 Å². The van der Waals surface area contributed by atoms with Gasteiger partial charge in [0, 0.05) is 0 Å². The first-order valence-corrected chi connectivity index (χ1v) is 19.9. The molecule has 2 heteroatoms. The molecule has 0 amide bonds. The van der Waals surface area contributed by atoms with E-state index in [-0.39, 0.29) is 0 Å². The summed E-state index contributed by atoms with van der Waals surface area (Å²) in [6, 6.07) is 0. The van der Waals surface area contributed by atoms with Gasteiger partial charge in [-0.05, 0) is 0 Å². The second-order valence-electron chi connectivity index (χ2n) is 6.87. The van der Waals surface area contributed by atoms with E-state index in [9.17, 15) is 0 Å². The Labute approximate surface area is 135 Å². The van der Waals surface area contributed by atoms with E-state index < -0.39 is 17.0 Å². The van der Waals surface area contributed by atoms with Crippen LogP contribution >= 0.6 is 8.95 Å². The van der Waals surface area contributed by atoms with E-state index in [4.69, 9.17) is 0 Å². The van der Waals surface area contributed by atoms with Gasteiger partial charge in [-0.1, -0.05) is 0 Å². The Bertz CT molecular complexity index is 202. The van der Waals surface area contributed by atoms with E-state index >= 15 is 0 Å². The van der Waals surface area contributed by atoms with E-state index in [1.165, 1.54) is 57.8 Å². The molecule has 1 rings (SSSR count). The molecule has 1 fully saturated rings. The summed E-state index contributed by atoms with van der Waals surface area (Å²) in [5, 5.41) is 1.07. The molecule has 0 heterocycles. The Morgan fingerprint density at radius 3 is 1.60 bits per heavy atom. The van der Waals surface area contributed by atoms with E-state index in [0.717, 1.165) is 5.25 Å². The molecule has 120 valence electrons. The Balaban J connectivity index is 2.64. The van der Waals surface area contributed by atoms with E-state index in [2.05, 4.69) is 29.7 Å². The fraction of sp³-hybridized carbons (Fsp3) is 1.00. The summed E-state index contributed by atoms with van der Waals surface area (Å²) in [5.74, 6) is 0. The van der Waals surface area contributed by atoms with Gasteiger partial charge >= 0.3 is 136 Å². The van der Waals surface area contributed by atoms with Gasteiger partial charge in [0.2, 0.25) is 0 Å². The van der Waals surface area contributed by atoms with Gasteiger partial charge in [0.1, 0.15) is 0 Å². The van der Waals surface area contributed by atoms with Crippen molar-refractivity contribution in [3.8, 4) is 0 Å². The molecule has 0 N–H and O–H groups in total. The summed E-state index contributed by atoms with van der Waals surface area (Å²) >= 11 is -1.88. The first kappa shape index (κ1) is 19.2. The first-order valence-electron chi connectivity index (χ1n) is 9.44. The zero-order valence-corrected chi connectivity index (χ0v) is 18.1. The van der Waals surface area contributed by atoms with Crippen molar-refractivity contribution < 1.29 is 0 Å². The number of rotatable bonds is 11. The average Bonchev–Trinajstić information content (AvgIpc) is 2.49. The van der Waals surface area contributed by atoms with Crippen LogP contribution in [0.2, 0.25) is 13.3 Å². The van der Waals surface area contributed by atoms with Crippen molar-refractivity contribution in [1.29, 1.82) is 0 Å². The van der Waals surface area contributed by atoms with Crippen LogP contribution in [0, 0.1) is 0 Å². The van der Waals surface area contributed by atoms with Gasteiger partial charge in [0.15, 0.2) is 0 Å². The van der Waals surface area contributed by atoms with Crippen molar-refractivity contribution in [3.63, 3.8) is 0 Å². The van der Waals surface area contributed by atoms with Gasteiger partial charge in [0.05, 0.1) is 0 Å². The van der Waals surface area contributed by atoms with Crippen molar-refractivity contribution >= 4 is 25.9 Å². The minimum atomic E-state index is -1.88. The topological polar surface area (TPSA) is 0 Å². The predicted molar refractivity (Wildman–Crippen MR) is 99.4 cm³/mol. The Morgan fingerprint density at radius 1 is 0.750 bits per heavy atom. The van der Waals surface area contributed by atoms with Crippen LogP contribution in [-0.4, -0.2) is 22.2 Å². The SMILES string of the molecule is CCC[CH2][Sn]([CH2]CCC)([CH2]CCC)[S]C1CCCCC1. The standard InChI is InChI=1S/C6H12S.3C4H9.Sn/c7-6-4-2-1-3-5-6;3*1-3-4-2;/h6-7H,1-5H2;3*1,3-4H2,2H3;/q;;;;+1/p-1. The van der Waals surface area contributed by atoms with Crippen molar-refractivity contribution in [3.05, 3.63) is 0 Å². The molecule has 0 aromatic rings. The zero-order chi connectivity index (χ0) is 14.7. The molecule has 0 aromatic heterocycles. The summed E-state index contributed by atoms with van der Waals surface area (Å²) in [6.07, 6.45) is 16.5. The first-order chi connectivity index (χ1) is 9.76. The van der Waals surface area contributed by atoms with E-state index in [1.807, 2.05) is 0 Å². The molecule has 0 atom stereocenters. The normalized spacial score (nSPS) is 17.6. The third kappa shape index (κ3) is 7.42. The second kappa shape index (κ2) is 11.7. The zero-order valence-electron chi connectivity index (χ0n) is 14.4. The van der Waals surface area contributed by atoms with Crippen LogP contribution in [0.15, 0.2) is 0 Å². The van der Waals surface area contributed by atoms with Gasteiger partial charge in [-0.15, -0.1) is 0 Å². The van der Waals surface area contributed by atoms with Crippen LogP contribution in [-0.2, 0) is 0 Å². The summed E-state index contributed by atoms with van der Waals surface area (Å²) in [5.41, 5.74) is 0. The summed E-state index contributed by atoms with van der Waals surface area (Å²) in [6.45, 7) is 7.17. The van der Waals surface area contributed by atoms with E-state index in [0.29, 0.717) is 0 Å². The average molecular weight is 405 g/mol. The molecule has 1 saturated carbocycles. The van der Waals surface area contributed by atoms with Gasteiger partial charge < -0.3 is 0 Å². The van der Waals surface area contributed by atoms with Gasteiger partial charge in [-0.2, -0.15) is 0 Å². The minimum absolute atomic E-state index is 1.07. The molecule has 0 radical (unpaired) electrons. The van der Waals surface area contributed by atoms with Gasteiger partial charge in [-0.3, -0.25) is 0 Å². The third-order valence-corrected chi connectivity index (χ3v) is 28.3.